The van der Waals surface area contributed by atoms with E-state index in [0.717, 1.165) is 11.1 Å². The van der Waals surface area contributed by atoms with Crippen molar-refractivity contribution in [3.8, 4) is 5.75 Å². The first kappa shape index (κ1) is 23.5. The van der Waals surface area contributed by atoms with Crippen LogP contribution < -0.4 is 9.50 Å². The van der Waals surface area contributed by atoms with E-state index in [1.165, 1.54) is 12.1 Å². The molecule has 0 aromatic heterocycles. The highest BCUT2D eigenvalue weighted by Gasteiger charge is 2.19. The van der Waals surface area contributed by atoms with Gasteiger partial charge < -0.3 is 14.2 Å². The molecule has 32 heavy (non-hydrogen) atoms. The number of rotatable bonds is 10. The maximum atomic E-state index is 12.4. The van der Waals surface area contributed by atoms with Crippen LogP contribution in [0, 0.1) is 0 Å². The van der Waals surface area contributed by atoms with Crippen LogP contribution >= 0.6 is 0 Å². The highest BCUT2D eigenvalue weighted by atomic mass is 32.2. The molecule has 7 heteroatoms. The molecule has 1 N–H and O–H groups in total. The molecule has 0 heterocycles. The monoisotopic (exact) mass is 453 g/mol. The van der Waals surface area contributed by atoms with Crippen molar-refractivity contribution in [1.82, 2.24) is 5.32 Å². The first-order valence-corrected chi connectivity index (χ1v) is 11.8. The minimum atomic E-state index is -3.91. The van der Waals surface area contributed by atoms with Crippen molar-refractivity contribution in [3.05, 3.63) is 96.1 Å². The van der Waals surface area contributed by atoms with Gasteiger partial charge in [-0.25, -0.2) is 0 Å². The standard InChI is InChI=1S/C25H27NO5S/c1-19(2)30-25(27)17-24(26-18-20-9-5-3-6-10-20)21-13-15-22(16-14-21)31-32(28,29)23-11-7-4-8-12-23/h3-16,19,24,26H,17-18H2,1-2H3. The van der Waals surface area contributed by atoms with E-state index < -0.39 is 10.1 Å². The van der Waals surface area contributed by atoms with E-state index in [1.54, 1.807) is 42.5 Å². The lowest BCUT2D eigenvalue weighted by molar-refractivity contribution is -0.148. The van der Waals surface area contributed by atoms with Crippen molar-refractivity contribution in [2.24, 2.45) is 0 Å². The third-order valence-corrected chi connectivity index (χ3v) is 5.92. The van der Waals surface area contributed by atoms with Crippen LogP contribution in [0.2, 0.25) is 0 Å². The van der Waals surface area contributed by atoms with E-state index in [2.05, 4.69) is 5.32 Å². The summed E-state index contributed by atoms with van der Waals surface area (Å²) in [4.78, 5) is 12.4. The molecule has 0 fully saturated rings. The Labute approximate surface area is 189 Å². The maximum absolute atomic E-state index is 12.4. The number of ether oxygens (including phenoxy) is 1. The molecule has 1 atom stereocenters. The lowest BCUT2D eigenvalue weighted by Gasteiger charge is -2.20. The summed E-state index contributed by atoms with van der Waals surface area (Å²) in [5.74, 6) is -0.110. The van der Waals surface area contributed by atoms with Gasteiger partial charge in [0, 0.05) is 12.6 Å². The maximum Gasteiger partial charge on any atom is 0.339 e. The number of hydrogen-bond donors (Lipinski definition) is 1. The van der Waals surface area contributed by atoms with E-state index in [9.17, 15) is 13.2 Å². The highest BCUT2D eigenvalue weighted by Crippen LogP contribution is 2.24. The summed E-state index contributed by atoms with van der Waals surface area (Å²) < 4.78 is 35.4. The topological polar surface area (TPSA) is 81.7 Å². The summed E-state index contributed by atoms with van der Waals surface area (Å²) in [6, 6.07) is 24.2. The average molecular weight is 454 g/mol. The molecule has 0 amide bonds. The molecule has 0 saturated heterocycles. The summed E-state index contributed by atoms with van der Waals surface area (Å²) in [6.07, 6.45) is -0.0516. The Balaban J connectivity index is 1.74. The van der Waals surface area contributed by atoms with Crippen molar-refractivity contribution < 1.29 is 22.1 Å². The Morgan fingerprint density at radius 2 is 1.47 bits per heavy atom. The Morgan fingerprint density at radius 1 is 0.875 bits per heavy atom. The lowest BCUT2D eigenvalue weighted by atomic mass is 10.0. The zero-order chi connectivity index (χ0) is 23.0. The second kappa shape index (κ2) is 10.9. The van der Waals surface area contributed by atoms with Gasteiger partial charge in [-0.15, -0.1) is 0 Å². The predicted octanol–water partition coefficient (Wildman–Crippen LogP) is 4.63. The first-order chi connectivity index (χ1) is 15.3. The van der Waals surface area contributed by atoms with Gasteiger partial charge in [-0.2, -0.15) is 8.42 Å². The van der Waals surface area contributed by atoms with Gasteiger partial charge in [0.05, 0.1) is 12.5 Å². The van der Waals surface area contributed by atoms with Crippen LogP contribution in [-0.4, -0.2) is 20.5 Å². The van der Waals surface area contributed by atoms with Gasteiger partial charge in [-0.3, -0.25) is 4.79 Å². The minimum absolute atomic E-state index is 0.0860. The van der Waals surface area contributed by atoms with Crippen LogP contribution in [0.15, 0.2) is 89.8 Å². The van der Waals surface area contributed by atoms with E-state index >= 15 is 0 Å². The van der Waals surface area contributed by atoms with Crippen molar-refractivity contribution in [2.45, 2.75) is 43.9 Å². The van der Waals surface area contributed by atoms with Gasteiger partial charge in [0.2, 0.25) is 0 Å². The van der Waals surface area contributed by atoms with Crippen molar-refractivity contribution in [1.29, 1.82) is 0 Å². The van der Waals surface area contributed by atoms with Crippen molar-refractivity contribution >= 4 is 16.1 Å². The van der Waals surface area contributed by atoms with Crippen LogP contribution in [0.1, 0.15) is 37.4 Å². The second-order valence-electron chi connectivity index (χ2n) is 7.58. The number of esters is 1. The van der Waals surface area contributed by atoms with Crippen molar-refractivity contribution in [3.63, 3.8) is 0 Å². The molecule has 0 saturated carbocycles. The molecular formula is C25H27NO5S. The van der Waals surface area contributed by atoms with Gasteiger partial charge in [0.1, 0.15) is 10.6 Å². The molecule has 3 aromatic rings. The summed E-state index contributed by atoms with van der Waals surface area (Å²) in [5.41, 5.74) is 1.91. The summed E-state index contributed by atoms with van der Waals surface area (Å²) in [6.45, 7) is 4.19. The number of carbonyl (C=O) groups is 1. The smallest absolute Gasteiger partial charge is 0.339 e. The Morgan fingerprint density at radius 3 is 2.06 bits per heavy atom. The van der Waals surface area contributed by atoms with Gasteiger partial charge in [-0.05, 0) is 49.2 Å². The summed E-state index contributed by atoms with van der Waals surface area (Å²) >= 11 is 0. The third-order valence-electron chi connectivity index (χ3n) is 4.65. The quantitative estimate of drug-likeness (QED) is 0.356. The van der Waals surface area contributed by atoms with Crippen LogP contribution in [0.4, 0.5) is 0 Å². The number of hydrogen-bond acceptors (Lipinski definition) is 6. The molecule has 3 aromatic carbocycles. The van der Waals surface area contributed by atoms with E-state index in [0.29, 0.717) is 6.54 Å². The lowest BCUT2D eigenvalue weighted by Crippen LogP contribution is -2.25. The minimum Gasteiger partial charge on any atom is -0.463 e. The molecule has 6 nitrogen and oxygen atoms in total. The number of carbonyl (C=O) groups excluding carboxylic acids is 1. The molecule has 1 unspecified atom stereocenters. The molecule has 0 aliphatic carbocycles. The second-order valence-corrected chi connectivity index (χ2v) is 9.13. The average Bonchev–Trinajstić information content (AvgIpc) is 2.78. The normalized spacial score (nSPS) is 12.3. The fourth-order valence-electron chi connectivity index (χ4n) is 3.14. The SMILES string of the molecule is CC(C)OC(=O)CC(NCc1ccccc1)c1ccc(OS(=O)(=O)c2ccccc2)cc1. The van der Waals surface area contributed by atoms with E-state index in [-0.39, 0.29) is 35.2 Å². The predicted molar refractivity (Wildman–Crippen MR) is 123 cm³/mol. The van der Waals surface area contributed by atoms with E-state index in [4.69, 9.17) is 8.92 Å². The molecule has 3 rings (SSSR count). The number of benzene rings is 3. The molecular weight excluding hydrogens is 426 g/mol. The molecule has 0 radical (unpaired) electrons. The van der Waals surface area contributed by atoms with Gasteiger partial charge in [0.15, 0.2) is 0 Å². The fraction of sp³-hybridized carbons (Fsp3) is 0.240. The van der Waals surface area contributed by atoms with Crippen LogP contribution in [0.3, 0.4) is 0 Å². The van der Waals surface area contributed by atoms with Crippen LogP contribution in [0.5, 0.6) is 5.75 Å². The fourth-order valence-corrected chi connectivity index (χ4v) is 4.09. The zero-order valence-corrected chi connectivity index (χ0v) is 18.9. The molecule has 0 aliphatic heterocycles. The molecule has 0 spiro atoms. The van der Waals surface area contributed by atoms with Crippen molar-refractivity contribution in [2.75, 3.05) is 0 Å². The molecule has 168 valence electrons. The zero-order valence-electron chi connectivity index (χ0n) is 18.1. The Bertz CT molecular complexity index is 1100. The summed E-state index contributed by atoms with van der Waals surface area (Å²) in [7, 11) is -3.91. The molecule has 0 aliphatic rings. The van der Waals surface area contributed by atoms with Gasteiger partial charge in [-0.1, -0.05) is 60.7 Å². The number of nitrogens with one attached hydrogen (secondary N) is 1. The summed E-state index contributed by atoms with van der Waals surface area (Å²) in [5, 5.41) is 3.39. The van der Waals surface area contributed by atoms with Crippen LogP contribution in [-0.2, 0) is 26.2 Å². The van der Waals surface area contributed by atoms with Crippen LogP contribution in [0.25, 0.3) is 0 Å². The Kier molecular flexibility index (Phi) is 8.03. The third kappa shape index (κ3) is 6.93. The largest absolute Gasteiger partial charge is 0.463 e. The molecule has 0 bridgehead atoms. The Hall–Kier alpha value is -3.16. The van der Waals surface area contributed by atoms with Gasteiger partial charge >= 0.3 is 16.1 Å². The van der Waals surface area contributed by atoms with Gasteiger partial charge in [0.25, 0.3) is 0 Å². The highest BCUT2D eigenvalue weighted by molar-refractivity contribution is 7.87. The first-order valence-electron chi connectivity index (χ1n) is 10.4. The van der Waals surface area contributed by atoms with E-state index in [1.807, 2.05) is 44.2 Å².